The van der Waals surface area contributed by atoms with E-state index in [1.807, 2.05) is 44.2 Å². The Morgan fingerprint density at radius 1 is 1.28 bits per heavy atom. The van der Waals surface area contributed by atoms with Crippen LogP contribution in [0.4, 0.5) is 0 Å². The van der Waals surface area contributed by atoms with Crippen molar-refractivity contribution < 1.29 is 5.21 Å². The van der Waals surface area contributed by atoms with Gasteiger partial charge in [0.05, 0.1) is 11.9 Å². The lowest BCUT2D eigenvalue weighted by molar-refractivity contribution is 0.172. The number of hydrogen-bond acceptors (Lipinski definition) is 3. The molecule has 0 saturated carbocycles. The van der Waals surface area contributed by atoms with Crippen LogP contribution in [-0.2, 0) is 6.42 Å². The van der Waals surface area contributed by atoms with Crippen molar-refractivity contribution in [2.24, 2.45) is 5.92 Å². The molecule has 4 nitrogen and oxygen atoms in total. The van der Waals surface area contributed by atoms with Gasteiger partial charge in [-0.25, -0.2) is 4.98 Å². The van der Waals surface area contributed by atoms with Gasteiger partial charge in [-0.05, 0) is 12.3 Å². The van der Waals surface area contributed by atoms with Gasteiger partial charge in [0.25, 0.3) is 0 Å². The largest absolute Gasteiger partial charge is 0.425 e. The number of nitrogens with zero attached hydrogens (tertiary/aromatic N) is 2. The summed E-state index contributed by atoms with van der Waals surface area (Å²) in [5, 5.41) is 9.62. The van der Waals surface area contributed by atoms with Crippen molar-refractivity contribution in [3.05, 3.63) is 52.6 Å². The molecule has 0 saturated heterocycles. The Morgan fingerprint density at radius 3 is 2.56 bits per heavy atom. The Morgan fingerprint density at radius 2 is 1.94 bits per heavy atom. The normalized spacial score (nSPS) is 10.8. The van der Waals surface area contributed by atoms with Crippen LogP contribution in [0.1, 0.15) is 19.5 Å². The third-order valence-electron chi connectivity index (χ3n) is 2.63. The highest BCUT2D eigenvalue weighted by atomic mass is 16.5. The van der Waals surface area contributed by atoms with Gasteiger partial charge in [-0.2, -0.15) is 4.73 Å². The lowest BCUT2D eigenvalue weighted by Crippen LogP contribution is -2.24. The molecule has 0 fully saturated rings. The van der Waals surface area contributed by atoms with Crippen LogP contribution < -0.4 is 5.56 Å². The fourth-order valence-electron chi connectivity index (χ4n) is 1.80. The van der Waals surface area contributed by atoms with Gasteiger partial charge in [0.2, 0.25) is 0 Å². The van der Waals surface area contributed by atoms with E-state index in [4.69, 9.17) is 0 Å². The maximum Gasteiger partial charge on any atom is 0.304 e. The molecular weight excluding hydrogens is 228 g/mol. The van der Waals surface area contributed by atoms with Gasteiger partial charge < -0.3 is 5.21 Å². The summed E-state index contributed by atoms with van der Waals surface area (Å²) in [7, 11) is 0. The first kappa shape index (κ1) is 12.4. The van der Waals surface area contributed by atoms with Gasteiger partial charge in [-0.15, -0.1) is 0 Å². The van der Waals surface area contributed by atoms with Crippen LogP contribution in [0.15, 0.2) is 41.3 Å². The lowest BCUT2D eigenvalue weighted by Gasteiger charge is -2.08. The zero-order valence-electron chi connectivity index (χ0n) is 10.5. The van der Waals surface area contributed by atoms with E-state index >= 15 is 0 Å². The molecule has 0 bridgehead atoms. The molecular formula is C14H16N2O2. The second-order valence-electron chi connectivity index (χ2n) is 4.69. The van der Waals surface area contributed by atoms with Crippen molar-refractivity contribution in [1.82, 2.24) is 9.71 Å². The standard InChI is InChI=1S/C14H16N2O2/c1-10(2)8-12-14(17)16(18)9-13(15-12)11-6-4-3-5-7-11/h3-7,9-10,18H,8H2,1-2H3. The molecule has 2 rings (SSSR count). The summed E-state index contributed by atoms with van der Waals surface area (Å²) in [4.78, 5) is 16.1. The van der Waals surface area contributed by atoms with E-state index < -0.39 is 5.56 Å². The Balaban J connectivity index is 2.51. The number of hydrogen-bond donors (Lipinski definition) is 1. The number of aromatic nitrogens is 2. The molecule has 0 amide bonds. The van der Waals surface area contributed by atoms with Crippen LogP contribution in [-0.4, -0.2) is 14.9 Å². The average Bonchev–Trinajstić information content (AvgIpc) is 2.35. The van der Waals surface area contributed by atoms with Crippen LogP contribution in [0.3, 0.4) is 0 Å². The second kappa shape index (κ2) is 5.04. The monoisotopic (exact) mass is 244 g/mol. The minimum Gasteiger partial charge on any atom is -0.425 e. The van der Waals surface area contributed by atoms with Gasteiger partial charge in [-0.3, -0.25) is 4.79 Å². The molecule has 0 aliphatic carbocycles. The molecule has 2 aromatic rings. The minimum absolute atomic E-state index is 0.316. The fraction of sp³-hybridized carbons (Fsp3) is 0.286. The van der Waals surface area contributed by atoms with Gasteiger partial charge >= 0.3 is 5.56 Å². The van der Waals surface area contributed by atoms with Gasteiger partial charge in [0.15, 0.2) is 0 Å². The molecule has 0 unspecified atom stereocenters. The molecule has 94 valence electrons. The number of benzene rings is 1. The summed E-state index contributed by atoms with van der Waals surface area (Å²) < 4.78 is 0.618. The molecule has 0 atom stereocenters. The van der Waals surface area contributed by atoms with Crippen LogP contribution >= 0.6 is 0 Å². The van der Waals surface area contributed by atoms with Crippen molar-refractivity contribution in [3.8, 4) is 11.3 Å². The molecule has 0 aliphatic rings. The fourth-order valence-corrected chi connectivity index (χ4v) is 1.80. The Bertz CT molecular complexity index is 588. The first-order valence-electron chi connectivity index (χ1n) is 5.95. The highest BCUT2D eigenvalue weighted by Gasteiger charge is 2.10. The zero-order chi connectivity index (χ0) is 13.1. The van der Waals surface area contributed by atoms with Crippen molar-refractivity contribution in [1.29, 1.82) is 0 Å². The molecule has 0 spiro atoms. The molecule has 1 N–H and O–H groups in total. The Labute approximate surface area is 106 Å². The third-order valence-corrected chi connectivity index (χ3v) is 2.63. The predicted octanol–water partition coefficient (Wildman–Crippen LogP) is 2.35. The van der Waals surface area contributed by atoms with E-state index in [0.29, 0.717) is 28.5 Å². The summed E-state index contributed by atoms with van der Waals surface area (Å²) in [5.41, 5.74) is 1.44. The zero-order valence-corrected chi connectivity index (χ0v) is 10.5. The van der Waals surface area contributed by atoms with Crippen molar-refractivity contribution in [2.75, 3.05) is 0 Å². The maximum atomic E-state index is 11.7. The second-order valence-corrected chi connectivity index (χ2v) is 4.69. The average molecular weight is 244 g/mol. The van der Waals surface area contributed by atoms with E-state index in [2.05, 4.69) is 4.98 Å². The molecule has 1 aromatic heterocycles. The van der Waals surface area contributed by atoms with E-state index in [1.54, 1.807) is 0 Å². The highest BCUT2D eigenvalue weighted by Crippen LogP contribution is 2.15. The quantitative estimate of drug-likeness (QED) is 0.843. The first-order chi connectivity index (χ1) is 8.58. The summed E-state index contributed by atoms with van der Waals surface area (Å²) in [6, 6.07) is 9.49. The van der Waals surface area contributed by atoms with Crippen molar-refractivity contribution in [3.63, 3.8) is 0 Å². The number of rotatable bonds is 3. The minimum atomic E-state index is -0.441. The third kappa shape index (κ3) is 2.59. The van der Waals surface area contributed by atoms with Crippen LogP contribution in [0.5, 0.6) is 0 Å². The summed E-state index contributed by atoms with van der Waals surface area (Å²) in [6.07, 6.45) is 1.90. The molecule has 18 heavy (non-hydrogen) atoms. The van der Waals surface area contributed by atoms with Gasteiger partial charge in [-0.1, -0.05) is 44.2 Å². The van der Waals surface area contributed by atoms with E-state index in [-0.39, 0.29) is 0 Å². The SMILES string of the molecule is CC(C)Cc1nc(-c2ccccc2)cn(O)c1=O. The van der Waals surface area contributed by atoms with Crippen molar-refractivity contribution >= 4 is 0 Å². The topological polar surface area (TPSA) is 55.1 Å². The maximum absolute atomic E-state index is 11.7. The molecule has 1 aromatic carbocycles. The Kier molecular flexibility index (Phi) is 3.46. The van der Waals surface area contributed by atoms with E-state index in [9.17, 15) is 10.0 Å². The van der Waals surface area contributed by atoms with Crippen molar-refractivity contribution in [2.45, 2.75) is 20.3 Å². The summed E-state index contributed by atoms with van der Waals surface area (Å²) >= 11 is 0. The van der Waals surface area contributed by atoms with E-state index in [1.165, 1.54) is 6.20 Å². The van der Waals surface area contributed by atoms with E-state index in [0.717, 1.165) is 5.56 Å². The molecule has 1 heterocycles. The molecule has 4 heteroatoms. The van der Waals surface area contributed by atoms with Crippen LogP contribution in [0.2, 0.25) is 0 Å². The molecule has 0 aliphatic heterocycles. The van der Waals surface area contributed by atoms with Crippen LogP contribution in [0, 0.1) is 5.92 Å². The van der Waals surface area contributed by atoms with Gasteiger partial charge in [0, 0.05) is 5.56 Å². The highest BCUT2D eigenvalue weighted by molar-refractivity contribution is 5.57. The summed E-state index contributed by atoms with van der Waals surface area (Å²) in [5.74, 6) is 0.316. The smallest absolute Gasteiger partial charge is 0.304 e. The van der Waals surface area contributed by atoms with Gasteiger partial charge in [0.1, 0.15) is 5.69 Å². The first-order valence-corrected chi connectivity index (χ1v) is 5.95. The lowest BCUT2D eigenvalue weighted by atomic mass is 10.1. The predicted molar refractivity (Wildman–Crippen MR) is 69.7 cm³/mol. The van der Waals surface area contributed by atoms with Crippen LogP contribution in [0.25, 0.3) is 11.3 Å². The molecule has 0 radical (unpaired) electrons. The summed E-state index contributed by atoms with van der Waals surface area (Å²) in [6.45, 7) is 4.02. The Hall–Kier alpha value is -2.10.